The van der Waals surface area contributed by atoms with E-state index in [2.05, 4.69) is 9.97 Å². The number of hydrogen-bond donors (Lipinski definition) is 1. The second-order valence-corrected chi connectivity index (χ2v) is 3.97. The van der Waals surface area contributed by atoms with Gasteiger partial charge in [-0.15, -0.1) is 11.3 Å². The normalized spacial score (nSPS) is 10.9. The number of benzene rings is 1. The van der Waals surface area contributed by atoms with Crippen LogP contribution in [0.15, 0.2) is 40.6 Å². The van der Waals surface area contributed by atoms with Gasteiger partial charge in [0.05, 0.1) is 11.0 Å². The molecule has 0 aliphatic rings. The molecular weight excluding hydrogens is 210 g/mol. The molecule has 0 fully saturated rings. The van der Waals surface area contributed by atoms with Crippen molar-refractivity contribution in [2.45, 2.75) is 0 Å². The summed E-state index contributed by atoms with van der Waals surface area (Å²) in [5.74, 6) is 0. The molecule has 0 saturated carbocycles. The first kappa shape index (κ1) is 8.43. The highest BCUT2D eigenvalue weighted by molar-refractivity contribution is 7.12. The molecule has 4 nitrogen and oxygen atoms in total. The Hall–Kier alpha value is -1.88. The second-order valence-electron chi connectivity index (χ2n) is 3.10. The van der Waals surface area contributed by atoms with E-state index in [1.165, 1.54) is 11.3 Å². The molecule has 0 atom stereocenters. The molecular formula is C10H7N3OS. The van der Waals surface area contributed by atoms with Crippen molar-refractivity contribution in [1.82, 2.24) is 14.5 Å². The van der Waals surface area contributed by atoms with E-state index in [4.69, 9.17) is 0 Å². The molecule has 1 N–H and O–H groups in total. The van der Waals surface area contributed by atoms with Crippen LogP contribution in [0.4, 0.5) is 0 Å². The first-order valence-corrected chi connectivity index (χ1v) is 5.34. The van der Waals surface area contributed by atoms with Crippen molar-refractivity contribution in [1.29, 1.82) is 0 Å². The zero-order chi connectivity index (χ0) is 10.3. The Morgan fingerprint density at radius 3 is 3.00 bits per heavy atom. The number of hydrogen-bond acceptors (Lipinski definition) is 3. The first-order valence-electron chi connectivity index (χ1n) is 4.46. The van der Waals surface area contributed by atoms with Crippen molar-refractivity contribution in [2.75, 3.05) is 0 Å². The van der Waals surface area contributed by atoms with Crippen molar-refractivity contribution in [3.8, 4) is 5.13 Å². The Balaban J connectivity index is 2.44. The van der Waals surface area contributed by atoms with Crippen molar-refractivity contribution < 1.29 is 0 Å². The smallest absolute Gasteiger partial charge is 0.305 e. The average Bonchev–Trinajstić information content (AvgIpc) is 2.82. The van der Waals surface area contributed by atoms with Gasteiger partial charge >= 0.3 is 5.69 Å². The highest BCUT2D eigenvalue weighted by atomic mass is 32.1. The van der Waals surface area contributed by atoms with Crippen LogP contribution in [0.3, 0.4) is 0 Å². The fourth-order valence-corrected chi connectivity index (χ4v) is 2.22. The number of H-pyrrole nitrogens is 1. The molecule has 0 aliphatic heterocycles. The number of rotatable bonds is 1. The highest BCUT2D eigenvalue weighted by Crippen LogP contribution is 2.16. The number of imidazole rings is 1. The molecule has 1 aromatic carbocycles. The molecule has 3 aromatic rings. The second kappa shape index (κ2) is 3.06. The fourth-order valence-electron chi connectivity index (χ4n) is 1.57. The zero-order valence-electron chi connectivity index (χ0n) is 7.68. The molecule has 0 radical (unpaired) electrons. The van der Waals surface area contributed by atoms with E-state index in [0.717, 1.165) is 11.0 Å². The molecule has 2 aromatic heterocycles. The molecule has 0 amide bonds. The van der Waals surface area contributed by atoms with E-state index in [0.29, 0.717) is 5.13 Å². The van der Waals surface area contributed by atoms with Crippen LogP contribution >= 0.6 is 11.3 Å². The number of aromatic nitrogens is 3. The minimum absolute atomic E-state index is 0.147. The van der Waals surface area contributed by atoms with Gasteiger partial charge in [-0.2, -0.15) is 0 Å². The van der Waals surface area contributed by atoms with Crippen molar-refractivity contribution in [3.05, 3.63) is 46.3 Å². The average molecular weight is 217 g/mol. The van der Waals surface area contributed by atoms with Crippen LogP contribution in [-0.2, 0) is 0 Å². The lowest BCUT2D eigenvalue weighted by molar-refractivity contribution is 0.998. The summed E-state index contributed by atoms with van der Waals surface area (Å²) in [5, 5.41) is 2.54. The SMILES string of the molecule is O=c1[nH]c2ccccc2n1-c1nccs1. The van der Waals surface area contributed by atoms with Crippen molar-refractivity contribution in [2.24, 2.45) is 0 Å². The van der Waals surface area contributed by atoms with Crippen LogP contribution in [-0.4, -0.2) is 14.5 Å². The van der Waals surface area contributed by atoms with E-state index < -0.39 is 0 Å². The molecule has 3 rings (SSSR count). The molecule has 74 valence electrons. The van der Waals surface area contributed by atoms with Crippen LogP contribution in [0.5, 0.6) is 0 Å². The Labute approximate surface area is 88.8 Å². The topological polar surface area (TPSA) is 50.7 Å². The lowest BCUT2D eigenvalue weighted by atomic mass is 10.3. The number of nitrogens with one attached hydrogen (secondary N) is 1. The van der Waals surface area contributed by atoms with Gasteiger partial charge in [0.15, 0.2) is 5.13 Å². The van der Waals surface area contributed by atoms with Gasteiger partial charge in [0, 0.05) is 11.6 Å². The van der Waals surface area contributed by atoms with Crippen LogP contribution in [0.1, 0.15) is 0 Å². The first-order chi connectivity index (χ1) is 7.36. The lowest BCUT2D eigenvalue weighted by Gasteiger charge is -1.95. The molecule has 0 bridgehead atoms. The van der Waals surface area contributed by atoms with Crippen LogP contribution in [0.2, 0.25) is 0 Å². The van der Waals surface area contributed by atoms with Gasteiger partial charge in [-0.1, -0.05) is 12.1 Å². The summed E-state index contributed by atoms with van der Waals surface area (Å²) in [4.78, 5) is 18.6. The molecule has 0 spiro atoms. The van der Waals surface area contributed by atoms with E-state index in [9.17, 15) is 4.79 Å². The third kappa shape index (κ3) is 1.20. The third-order valence-electron chi connectivity index (χ3n) is 2.20. The minimum atomic E-state index is -0.147. The Kier molecular flexibility index (Phi) is 1.72. The molecule has 5 heteroatoms. The van der Waals surface area contributed by atoms with Crippen molar-refractivity contribution >= 4 is 22.4 Å². The summed E-state index contributed by atoms with van der Waals surface area (Å²) in [5.41, 5.74) is 1.54. The Morgan fingerprint density at radius 1 is 1.33 bits per heavy atom. The van der Waals surface area contributed by atoms with Gasteiger partial charge in [-0.3, -0.25) is 0 Å². The molecule has 15 heavy (non-hydrogen) atoms. The standard InChI is InChI=1S/C10H7N3OS/c14-9-12-7-3-1-2-4-8(7)13(9)10-11-5-6-15-10/h1-6H,(H,12,14). The van der Waals surface area contributed by atoms with Gasteiger partial charge in [0.25, 0.3) is 0 Å². The van der Waals surface area contributed by atoms with E-state index in [1.807, 2.05) is 29.6 Å². The maximum absolute atomic E-state index is 11.7. The van der Waals surface area contributed by atoms with Gasteiger partial charge in [-0.25, -0.2) is 14.3 Å². The van der Waals surface area contributed by atoms with E-state index >= 15 is 0 Å². The third-order valence-corrected chi connectivity index (χ3v) is 2.96. The summed E-state index contributed by atoms with van der Waals surface area (Å²) in [6.45, 7) is 0. The number of nitrogens with zero attached hydrogens (tertiary/aromatic N) is 2. The Bertz CT molecular complexity index is 651. The monoisotopic (exact) mass is 217 g/mol. The molecule has 0 unspecified atom stereocenters. The Morgan fingerprint density at radius 2 is 2.20 bits per heavy atom. The maximum Gasteiger partial charge on any atom is 0.332 e. The number of fused-ring (bicyclic) bond motifs is 1. The number of thiazole rings is 1. The summed E-state index contributed by atoms with van der Waals surface area (Å²) in [7, 11) is 0. The summed E-state index contributed by atoms with van der Waals surface area (Å²) >= 11 is 1.44. The van der Waals surface area contributed by atoms with Gasteiger partial charge in [0.2, 0.25) is 0 Å². The number of aromatic amines is 1. The van der Waals surface area contributed by atoms with E-state index in [-0.39, 0.29) is 5.69 Å². The minimum Gasteiger partial charge on any atom is -0.305 e. The largest absolute Gasteiger partial charge is 0.332 e. The van der Waals surface area contributed by atoms with Gasteiger partial charge < -0.3 is 4.98 Å². The highest BCUT2D eigenvalue weighted by Gasteiger charge is 2.08. The van der Waals surface area contributed by atoms with Crippen molar-refractivity contribution in [3.63, 3.8) is 0 Å². The van der Waals surface area contributed by atoms with Gasteiger partial charge in [0.1, 0.15) is 0 Å². The molecule has 2 heterocycles. The quantitative estimate of drug-likeness (QED) is 0.675. The fraction of sp³-hybridized carbons (Fsp3) is 0. The zero-order valence-corrected chi connectivity index (χ0v) is 8.49. The van der Waals surface area contributed by atoms with E-state index in [1.54, 1.807) is 10.8 Å². The maximum atomic E-state index is 11.7. The van der Waals surface area contributed by atoms with Crippen LogP contribution < -0.4 is 5.69 Å². The van der Waals surface area contributed by atoms with Crippen LogP contribution in [0.25, 0.3) is 16.2 Å². The molecule has 0 aliphatic carbocycles. The predicted octanol–water partition coefficient (Wildman–Crippen LogP) is 1.78. The lowest BCUT2D eigenvalue weighted by Crippen LogP contribution is -2.14. The summed E-state index contributed by atoms with van der Waals surface area (Å²) < 4.78 is 1.58. The summed E-state index contributed by atoms with van der Waals surface area (Å²) in [6.07, 6.45) is 1.69. The van der Waals surface area contributed by atoms with Crippen LogP contribution in [0, 0.1) is 0 Å². The molecule has 0 saturated heterocycles. The summed E-state index contributed by atoms with van der Waals surface area (Å²) in [6, 6.07) is 7.57. The van der Waals surface area contributed by atoms with Gasteiger partial charge in [-0.05, 0) is 12.1 Å². The number of para-hydroxylation sites is 2. The predicted molar refractivity (Wildman–Crippen MR) is 59.6 cm³/mol.